The van der Waals surface area contributed by atoms with Crippen molar-refractivity contribution < 1.29 is 29.3 Å². The van der Waals surface area contributed by atoms with Gasteiger partial charge in [-0.25, -0.2) is 9.59 Å². The molecule has 29 heavy (non-hydrogen) atoms. The summed E-state index contributed by atoms with van der Waals surface area (Å²) in [6, 6.07) is 6.89. The molecule has 3 rings (SSSR count). The van der Waals surface area contributed by atoms with Crippen molar-refractivity contribution in [3.05, 3.63) is 34.2 Å². The third-order valence-corrected chi connectivity index (χ3v) is 6.13. The third kappa shape index (κ3) is 5.06. The molecule has 0 spiro atoms. The Balaban J connectivity index is 1.86. The molecular weight excluding hydrogens is 420 g/mol. The summed E-state index contributed by atoms with van der Waals surface area (Å²) in [5.74, 6) is -2.80. The molecule has 0 bridgehead atoms. The maximum Gasteiger partial charge on any atom is 0.349 e. The van der Waals surface area contributed by atoms with Crippen molar-refractivity contribution in [2.45, 2.75) is 12.8 Å². The number of aromatic carboxylic acids is 1. The largest absolute Gasteiger partial charge is 0.479 e. The Bertz CT molecular complexity index is 939. The summed E-state index contributed by atoms with van der Waals surface area (Å²) in [6.45, 7) is 0.905. The van der Waals surface area contributed by atoms with Gasteiger partial charge in [-0.1, -0.05) is 23.7 Å². The van der Waals surface area contributed by atoms with E-state index in [1.165, 1.54) is 0 Å². The van der Waals surface area contributed by atoms with E-state index >= 15 is 0 Å². The van der Waals surface area contributed by atoms with Gasteiger partial charge in [-0.05, 0) is 43.6 Å². The highest BCUT2D eigenvalue weighted by Crippen LogP contribution is 2.45. The first-order chi connectivity index (χ1) is 13.9. The van der Waals surface area contributed by atoms with E-state index in [9.17, 15) is 19.5 Å². The quantitative estimate of drug-likeness (QED) is 0.523. The molecule has 154 valence electrons. The fourth-order valence-corrected chi connectivity index (χ4v) is 4.45. The van der Waals surface area contributed by atoms with Crippen LogP contribution in [0.4, 0.5) is 5.69 Å². The minimum Gasteiger partial charge on any atom is -0.479 e. The number of carbonyl (C=O) groups is 3. The average Bonchev–Trinajstić information content (AvgIpc) is 3.04. The van der Waals surface area contributed by atoms with Crippen LogP contribution in [0.5, 0.6) is 5.75 Å². The van der Waals surface area contributed by atoms with E-state index in [1.54, 1.807) is 24.3 Å². The fraction of sp³-hybridized carbons (Fsp3) is 0.316. The Morgan fingerprint density at radius 3 is 2.62 bits per heavy atom. The number of nitrogens with one attached hydrogen (secondary N) is 2. The molecule has 1 aliphatic rings. The molecule has 2 heterocycles. The number of carbonyl (C=O) groups excluding carboxylic acids is 1. The zero-order valence-corrected chi connectivity index (χ0v) is 16.8. The van der Waals surface area contributed by atoms with E-state index in [-0.39, 0.29) is 27.5 Å². The molecule has 8 nitrogen and oxygen atoms in total. The number of piperidine rings is 1. The van der Waals surface area contributed by atoms with Crippen LogP contribution in [0.1, 0.15) is 22.5 Å². The highest BCUT2D eigenvalue weighted by atomic mass is 35.5. The van der Waals surface area contributed by atoms with Gasteiger partial charge in [0.2, 0.25) is 5.91 Å². The van der Waals surface area contributed by atoms with Gasteiger partial charge in [0.05, 0.1) is 4.88 Å². The molecule has 1 fully saturated rings. The summed E-state index contributed by atoms with van der Waals surface area (Å²) in [4.78, 5) is 35.0. The molecule has 0 unspecified atom stereocenters. The third-order valence-electron chi connectivity index (χ3n) is 4.45. The van der Waals surface area contributed by atoms with E-state index in [2.05, 4.69) is 10.6 Å². The summed E-state index contributed by atoms with van der Waals surface area (Å²) in [7, 11) is 0. The molecule has 1 aliphatic heterocycles. The Morgan fingerprint density at radius 2 is 1.97 bits per heavy atom. The number of hydrogen-bond donors (Lipinski definition) is 4. The Morgan fingerprint density at radius 1 is 1.24 bits per heavy atom. The normalized spacial score (nSPS) is 14.4. The molecule has 1 saturated heterocycles. The lowest BCUT2D eigenvalue weighted by Gasteiger charge is -2.21. The second-order valence-corrected chi connectivity index (χ2v) is 7.88. The number of hydrogen-bond acceptors (Lipinski definition) is 6. The van der Waals surface area contributed by atoms with Gasteiger partial charge in [-0.2, -0.15) is 0 Å². The maximum atomic E-state index is 12.5. The summed E-state index contributed by atoms with van der Waals surface area (Å²) in [5, 5.41) is 24.3. The Kier molecular flexibility index (Phi) is 6.73. The topological polar surface area (TPSA) is 125 Å². The first kappa shape index (κ1) is 21.1. The van der Waals surface area contributed by atoms with Gasteiger partial charge < -0.3 is 25.6 Å². The van der Waals surface area contributed by atoms with Crippen molar-refractivity contribution in [3.63, 3.8) is 0 Å². The Labute approximate surface area is 175 Å². The predicted octanol–water partition coefficient (Wildman–Crippen LogP) is 3.17. The van der Waals surface area contributed by atoms with Crippen LogP contribution >= 0.6 is 22.9 Å². The second kappa shape index (κ2) is 9.25. The van der Waals surface area contributed by atoms with Crippen LogP contribution in [0.3, 0.4) is 0 Å². The number of amides is 1. The number of carboxylic acids is 2. The highest BCUT2D eigenvalue weighted by molar-refractivity contribution is 7.18. The molecule has 0 saturated carbocycles. The molecule has 4 N–H and O–H groups in total. The van der Waals surface area contributed by atoms with Crippen LogP contribution in [-0.4, -0.2) is 47.8 Å². The first-order valence-corrected chi connectivity index (χ1v) is 10.1. The summed E-state index contributed by atoms with van der Waals surface area (Å²) in [5.41, 5.74) is 1.16. The van der Waals surface area contributed by atoms with Crippen molar-refractivity contribution in [1.82, 2.24) is 5.32 Å². The number of benzene rings is 1. The molecular formula is C19H19ClN2O6S. The highest BCUT2D eigenvalue weighted by Gasteiger charge is 2.25. The number of aliphatic carboxylic acids is 1. The van der Waals surface area contributed by atoms with Gasteiger partial charge in [0.1, 0.15) is 5.02 Å². The van der Waals surface area contributed by atoms with Crippen LogP contribution in [0.2, 0.25) is 5.02 Å². The molecule has 1 aromatic heterocycles. The van der Waals surface area contributed by atoms with Gasteiger partial charge in [-0.3, -0.25) is 4.79 Å². The number of halogens is 1. The summed E-state index contributed by atoms with van der Waals surface area (Å²) < 4.78 is 5.09. The smallest absolute Gasteiger partial charge is 0.349 e. The van der Waals surface area contributed by atoms with Crippen LogP contribution < -0.4 is 15.4 Å². The van der Waals surface area contributed by atoms with Crippen LogP contribution in [-0.2, 0) is 9.59 Å². The van der Waals surface area contributed by atoms with E-state index in [4.69, 9.17) is 21.4 Å². The maximum absolute atomic E-state index is 12.5. The minimum atomic E-state index is -1.26. The Hall–Kier alpha value is -2.62. The molecule has 2 aromatic rings. The fourth-order valence-electron chi connectivity index (χ4n) is 3.05. The van der Waals surface area contributed by atoms with Gasteiger partial charge in [-0.15, -0.1) is 11.3 Å². The molecule has 1 amide bonds. The van der Waals surface area contributed by atoms with Crippen molar-refractivity contribution >= 4 is 46.5 Å². The lowest BCUT2D eigenvalue weighted by molar-refractivity contribution is -0.139. The average molecular weight is 439 g/mol. The number of rotatable bonds is 7. The SMILES string of the molecule is O=C(O)COc1c(C(=O)O)sc(-c2cccc(NC(=O)C3CCNCC3)c2)c1Cl. The van der Waals surface area contributed by atoms with Crippen molar-refractivity contribution in [3.8, 4) is 16.2 Å². The predicted molar refractivity (Wildman–Crippen MR) is 109 cm³/mol. The monoisotopic (exact) mass is 438 g/mol. The lowest BCUT2D eigenvalue weighted by atomic mass is 9.97. The van der Waals surface area contributed by atoms with Crippen LogP contribution in [0.25, 0.3) is 10.4 Å². The zero-order chi connectivity index (χ0) is 21.0. The number of ether oxygens (including phenoxy) is 1. The van der Waals surface area contributed by atoms with Crippen LogP contribution in [0.15, 0.2) is 24.3 Å². The summed E-state index contributed by atoms with van der Waals surface area (Å²) >= 11 is 7.19. The molecule has 0 radical (unpaired) electrons. The summed E-state index contributed by atoms with van der Waals surface area (Å²) in [6.07, 6.45) is 1.54. The van der Waals surface area contributed by atoms with Crippen molar-refractivity contribution in [2.75, 3.05) is 25.0 Å². The molecule has 10 heteroatoms. The van der Waals surface area contributed by atoms with E-state index in [0.717, 1.165) is 37.3 Å². The van der Waals surface area contributed by atoms with Gasteiger partial charge in [0.15, 0.2) is 17.2 Å². The van der Waals surface area contributed by atoms with Gasteiger partial charge >= 0.3 is 11.9 Å². The van der Waals surface area contributed by atoms with Gasteiger partial charge in [0.25, 0.3) is 0 Å². The van der Waals surface area contributed by atoms with Gasteiger partial charge in [0, 0.05) is 11.6 Å². The zero-order valence-electron chi connectivity index (χ0n) is 15.2. The number of anilines is 1. The minimum absolute atomic E-state index is 0.0236. The number of thiophene rings is 1. The van der Waals surface area contributed by atoms with E-state index < -0.39 is 18.5 Å². The van der Waals surface area contributed by atoms with Crippen molar-refractivity contribution in [2.24, 2.45) is 5.92 Å². The number of carboxylic acid groups (broad SMARTS) is 2. The second-order valence-electron chi connectivity index (χ2n) is 6.49. The lowest BCUT2D eigenvalue weighted by Crippen LogP contribution is -2.34. The molecule has 0 aliphatic carbocycles. The molecule has 0 atom stereocenters. The molecule has 1 aromatic carbocycles. The van der Waals surface area contributed by atoms with E-state index in [0.29, 0.717) is 16.1 Å². The standard InChI is InChI=1S/C19H19ClN2O6S/c20-14-15(28-9-13(23)24)17(19(26)27)29-16(14)11-2-1-3-12(8-11)22-18(25)10-4-6-21-7-5-10/h1-3,8,10,21H,4-7,9H2,(H,22,25)(H,23,24)(H,26,27). The van der Waals surface area contributed by atoms with E-state index in [1.807, 2.05) is 0 Å². The van der Waals surface area contributed by atoms with Crippen LogP contribution in [0, 0.1) is 5.92 Å². The van der Waals surface area contributed by atoms with Crippen molar-refractivity contribution in [1.29, 1.82) is 0 Å². The first-order valence-electron chi connectivity index (χ1n) is 8.89.